The van der Waals surface area contributed by atoms with Crippen molar-refractivity contribution in [3.63, 3.8) is 0 Å². The summed E-state index contributed by atoms with van der Waals surface area (Å²) < 4.78 is 5.17. The van der Waals surface area contributed by atoms with Crippen LogP contribution in [0, 0.1) is 0 Å². The lowest BCUT2D eigenvalue weighted by molar-refractivity contribution is -0.142. The predicted octanol–water partition coefficient (Wildman–Crippen LogP) is 4.39. The van der Waals surface area contributed by atoms with Crippen molar-refractivity contribution < 1.29 is 9.53 Å². The molecule has 0 spiro atoms. The number of carbonyl (C=O) groups is 1. The number of hydrogen-bond acceptors (Lipinski definition) is 2. The lowest BCUT2D eigenvalue weighted by atomic mass is 10.0. The SMILES string of the molecule is CC1=CCOC(=O)CCCCCCCCCC1. The van der Waals surface area contributed by atoms with Crippen LogP contribution in [0.4, 0.5) is 0 Å². The largest absolute Gasteiger partial charge is 0.461 e. The summed E-state index contributed by atoms with van der Waals surface area (Å²) in [6.45, 7) is 2.59. The van der Waals surface area contributed by atoms with E-state index in [1.165, 1.54) is 50.5 Å². The maximum atomic E-state index is 11.4. The molecule has 0 fully saturated rings. The van der Waals surface area contributed by atoms with E-state index in [0.29, 0.717) is 13.0 Å². The van der Waals surface area contributed by atoms with Gasteiger partial charge in [-0.15, -0.1) is 0 Å². The van der Waals surface area contributed by atoms with Crippen LogP contribution in [0.1, 0.15) is 71.1 Å². The quantitative estimate of drug-likeness (QED) is 0.462. The molecule has 0 aliphatic carbocycles. The standard InChI is InChI=1S/C15H26O2/c1-14-10-8-6-4-2-3-5-7-9-11-15(16)17-13-12-14/h12H,2-11,13H2,1H3. The molecule has 1 aliphatic heterocycles. The van der Waals surface area contributed by atoms with Crippen LogP contribution in [-0.4, -0.2) is 12.6 Å². The summed E-state index contributed by atoms with van der Waals surface area (Å²) in [5, 5.41) is 0. The number of esters is 1. The Morgan fingerprint density at radius 3 is 2.06 bits per heavy atom. The minimum atomic E-state index is -0.0380. The fourth-order valence-electron chi connectivity index (χ4n) is 2.18. The summed E-state index contributed by atoms with van der Waals surface area (Å²) >= 11 is 0. The molecule has 0 amide bonds. The van der Waals surface area contributed by atoms with E-state index in [-0.39, 0.29) is 5.97 Å². The zero-order valence-corrected chi connectivity index (χ0v) is 11.2. The van der Waals surface area contributed by atoms with Gasteiger partial charge in [-0.05, 0) is 32.3 Å². The molecule has 17 heavy (non-hydrogen) atoms. The van der Waals surface area contributed by atoms with Gasteiger partial charge in [-0.2, -0.15) is 0 Å². The summed E-state index contributed by atoms with van der Waals surface area (Å²) in [7, 11) is 0. The molecule has 1 rings (SSSR count). The first-order valence-corrected chi connectivity index (χ1v) is 7.10. The Morgan fingerprint density at radius 1 is 0.882 bits per heavy atom. The van der Waals surface area contributed by atoms with Gasteiger partial charge in [0.2, 0.25) is 0 Å². The van der Waals surface area contributed by atoms with Crippen LogP contribution in [0.15, 0.2) is 11.6 Å². The third kappa shape index (κ3) is 8.00. The van der Waals surface area contributed by atoms with E-state index in [4.69, 9.17) is 4.74 Å². The van der Waals surface area contributed by atoms with E-state index in [1.54, 1.807) is 0 Å². The van der Waals surface area contributed by atoms with Gasteiger partial charge in [-0.25, -0.2) is 0 Å². The molecule has 0 N–H and O–H groups in total. The Bertz CT molecular complexity index is 243. The maximum Gasteiger partial charge on any atom is 0.306 e. The molecule has 0 radical (unpaired) electrons. The van der Waals surface area contributed by atoms with E-state index in [2.05, 4.69) is 13.0 Å². The normalized spacial score (nSPS) is 21.9. The lowest BCUT2D eigenvalue weighted by Crippen LogP contribution is -2.04. The summed E-state index contributed by atoms with van der Waals surface area (Å²) in [6.07, 6.45) is 13.9. The van der Waals surface area contributed by atoms with Crippen molar-refractivity contribution >= 4 is 5.97 Å². The Hall–Kier alpha value is -0.790. The Labute approximate surface area is 105 Å². The first kappa shape index (κ1) is 14.3. The number of cyclic esters (lactones) is 1. The van der Waals surface area contributed by atoms with Crippen molar-refractivity contribution in [1.82, 2.24) is 0 Å². The van der Waals surface area contributed by atoms with Crippen molar-refractivity contribution in [2.45, 2.75) is 71.1 Å². The van der Waals surface area contributed by atoms with Gasteiger partial charge in [-0.1, -0.05) is 44.1 Å². The smallest absolute Gasteiger partial charge is 0.306 e. The average molecular weight is 238 g/mol. The van der Waals surface area contributed by atoms with Gasteiger partial charge < -0.3 is 4.74 Å². The van der Waals surface area contributed by atoms with Crippen LogP contribution in [0.5, 0.6) is 0 Å². The number of hydrogen-bond donors (Lipinski definition) is 0. The molecular weight excluding hydrogens is 212 g/mol. The Balaban J connectivity index is 2.31. The average Bonchev–Trinajstić information content (AvgIpc) is 2.31. The minimum Gasteiger partial charge on any atom is -0.461 e. The summed E-state index contributed by atoms with van der Waals surface area (Å²) in [4.78, 5) is 11.4. The van der Waals surface area contributed by atoms with Crippen LogP contribution < -0.4 is 0 Å². The third-order valence-corrected chi connectivity index (χ3v) is 3.38. The van der Waals surface area contributed by atoms with E-state index in [9.17, 15) is 4.79 Å². The highest BCUT2D eigenvalue weighted by Crippen LogP contribution is 2.13. The highest BCUT2D eigenvalue weighted by atomic mass is 16.5. The molecule has 0 saturated heterocycles. The molecule has 0 bridgehead atoms. The van der Waals surface area contributed by atoms with Crippen LogP contribution in [-0.2, 0) is 9.53 Å². The second-order valence-corrected chi connectivity index (χ2v) is 5.06. The van der Waals surface area contributed by atoms with Crippen LogP contribution in [0.2, 0.25) is 0 Å². The van der Waals surface area contributed by atoms with Gasteiger partial charge >= 0.3 is 5.97 Å². The molecule has 0 aromatic carbocycles. The zero-order valence-electron chi connectivity index (χ0n) is 11.2. The van der Waals surface area contributed by atoms with Crippen LogP contribution >= 0.6 is 0 Å². The number of rotatable bonds is 0. The summed E-state index contributed by atoms with van der Waals surface area (Å²) in [5.41, 5.74) is 1.35. The van der Waals surface area contributed by atoms with Gasteiger partial charge in [0.15, 0.2) is 0 Å². The fraction of sp³-hybridized carbons (Fsp3) is 0.800. The summed E-state index contributed by atoms with van der Waals surface area (Å²) in [5.74, 6) is -0.0380. The second kappa shape index (κ2) is 9.26. The van der Waals surface area contributed by atoms with Crippen molar-refractivity contribution in [1.29, 1.82) is 0 Å². The van der Waals surface area contributed by atoms with E-state index >= 15 is 0 Å². The molecule has 2 heteroatoms. The molecule has 0 aromatic heterocycles. The molecule has 0 unspecified atom stereocenters. The molecule has 0 atom stereocenters. The number of carbonyl (C=O) groups excluding carboxylic acids is 1. The molecule has 0 aromatic rings. The fourth-order valence-corrected chi connectivity index (χ4v) is 2.18. The van der Waals surface area contributed by atoms with Crippen molar-refractivity contribution in [3.8, 4) is 0 Å². The zero-order chi connectivity index (χ0) is 12.3. The topological polar surface area (TPSA) is 26.3 Å². The van der Waals surface area contributed by atoms with Gasteiger partial charge in [-0.3, -0.25) is 4.79 Å². The molecule has 98 valence electrons. The first-order valence-electron chi connectivity index (χ1n) is 7.10. The third-order valence-electron chi connectivity index (χ3n) is 3.38. The predicted molar refractivity (Wildman–Crippen MR) is 70.9 cm³/mol. The highest BCUT2D eigenvalue weighted by Gasteiger charge is 2.02. The van der Waals surface area contributed by atoms with Crippen LogP contribution in [0.3, 0.4) is 0 Å². The Morgan fingerprint density at radius 2 is 1.41 bits per heavy atom. The van der Waals surface area contributed by atoms with E-state index in [0.717, 1.165) is 12.8 Å². The number of ether oxygens (including phenoxy) is 1. The molecule has 1 aliphatic rings. The van der Waals surface area contributed by atoms with Gasteiger partial charge in [0.25, 0.3) is 0 Å². The second-order valence-electron chi connectivity index (χ2n) is 5.06. The monoisotopic (exact) mass is 238 g/mol. The number of allylic oxidation sites excluding steroid dienone is 1. The maximum absolute atomic E-state index is 11.4. The van der Waals surface area contributed by atoms with E-state index in [1.807, 2.05) is 0 Å². The van der Waals surface area contributed by atoms with Crippen LogP contribution in [0.25, 0.3) is 0 Å². The first-order chi connectivity index (χ1) is 8.29. The Kier molecular flexibility index (Phi) is 7.78. The molecule has 1 heterocycles. The lowest BCUT2D eigenvalue weighted by Gasteiger charge is -2.03. The van der Waals surface area contributed by atoms with Gasteiger partial charge in [0.1, 0.15) is 6.61 Å². The van der Waals surface area contributed by atoms with Crippen molar-refractivity contribution in [3.05, 3.63) is 11.6 Å². The summed E-state index contributed by atoms with van der Waals surface area (Å²) in [6, 6.07) is 0. The molecule has 2 nitrogen and oxygen atoms in total. The molecule has 0 saturated carbocycles. The van der Waals surface area contributed by atoms with Crippen molar-refractivity contribution in [2.75, 3.05) is 6.61 Å². The highest BCUT2D eigenvalue weighted by molar-refractivity contribution is 5.69. The van der Waals surface area contributed by atoms with Gasteiger partial charge in [0, 0.05) is 6.42 Å². The van der Waals surface area contributed by atoms with Gasteiger partial charge in [0.05, 0.1) is 0 Å². The van der Waals surface area contributed by atoms with Crippen molar-refractivity contribution in [2.24, 2.45) is 0 Å². The minimum absolute atomic E-state index is 0.0380. The van der Waals surface area contributed by atoms with E-state index < -0.39 is 0 Å². The molecular formula is C15H26O2.